The van der Waals surface area contributed by atoms with E-state index in [0.29, 0.717) is 16.4 Å². The monoisotopic (exact) mass is 348 g/mol. The third-order valence-corrected chi connectivity index (χ3v) is 4.01. The number of amides is 2. The number of carbonyl (C=O) groups excluding carboxylic acids is 2. The van der Waals surface area contributed by atoms with Crippen molar-refractivity contribution in [1.82, 2.24) is 0 Å². The molecule has 6 heteroatoms. The zero-order valence-electron chi connectivity index (χ0n) is 13.5. The predicted octanol–water partition coefficient (Wildman–Crippen LogP) is 4.17. The molecule has 0 radical (unpaired) electrons. The fourth-order valence-electron chi connectivity index (χ4n) is 2.31. The summed E-state index contributed by atoms with van der Waals surface area (Å²) >= 11 is 6.10. The van der Waals surface area contributed by atoms with Crippen LogP contribution in [0.3, 0.4) is 0 Å². The number of carbonyl (C=O) groups is 2. The number of hydrogen-bond acceptors (Lipinski definition) is 2. The van der Waals surface area contributed by atoms with Crippen LogP contribution in [0.25, 0.3) is 0 Å². The van der Waals surface area contributed by atoms with Crippen LogP contribution >= 0.6 is 11.6 Å². The van der Waals surface area contributed by atoms with E-state index in [0.717, 1.165) is 5.56 Å². The maximum Gasteiger partial charge on any atom is 0.226 e. The van der Waals surface area contributed by atoms with E-state index in [9.17, 15) is 14.0 Å². The van der Waals surface area contributed by atoms with Crippen LogP contribution in [0.2, 0.25) is 5.02 Å². The van der Waals surface area contributed by atoms with Gasteiger partial charge in [-0.2, -0.15) is 0 Å². The Morgan fingerprint density at radius 1 is 1.17 bits per heavy atom. The maximum absolute atomic E-state index is 12.9. The molecule has 0 saturated carbocycles. The van der Waals surface area contributed by atoms with Gasteiger partial charge in [0.25, 0.3) is 0 Å². The predicted molar refractivity (Wildman–Crippen MR) is 93.9 cm³/mol. The van der Waals surface area contributed by atoms with E-state index in [1.165, 1.54) is 36.1 Å². The van der Waals surface area contributed by atoms with Gasteiger partial charge >= 0.3 is 0 Å². The SMILES string of the molecule is CC(=O)N(CCC(=O)Nc1ccc(F)cc1)c1cccc(Cl)c1C. The summed E-state index contributed by atoms with van der Waals surface area (Å²) in [6.07, 6.45) is 0.114. The standard InChI is InChI=1S/C18H18ClFN2O2/c1-12-16(19)4-3-5-17(12)22(13(2)23)11-10-18(24)21-15-8-6-14(20)7-9-15/h3-9H,10-11H2,1-2H3,(H,21,24). The van der Waals surface area contributed by atoms with E-state index < -0.39 is 0 Å². The molecule has 0 bridgehead atoms. The molecule has 0 aromatic heterocycles. The highest BCUT2D eigenvalue weighted by molar-refractivity contribution is 6.31. The normalized spacial score (nSPS) is 10.3. The highest BCUT2D eigenvalue weighted by Gasteiger charge is 2.16. The first-order valence-electron chi connectivity index (χ1n) is 7.47. The minimum atomic E-state index is -0.368. The van der Waals surface area contributed by atoms with Gasteiger partial charge in [0, 0.05) is 36.3 Å². The smallest absolute Gasteiger partial charge is 0.226 e. The fraction of sp³-hybridized carbons (Fsp3) is 0.222. The van der Waals surface area contributed by atoms with Gasteiger partial charge in [0.05, 0.1) is 0 Å². The zero-order valence-corrected chi connectivity index (χ0v) is 14.2. The second-order valence-electron chi connectivity index (χ2n) is 5.36. The lowest BCUT2D eigenvalue weighted by Crippen LogP contribution is -2.32. The molecule has 0 spiro atoms. The lowest BCUT2D eigenvalue weighted by Gasteiger charge is -2.23. The lowest BCUT2D eigenvalue weighted by atomic mass is 10.1. The van der Waals surface area contributed by atoms with Crippen molar-refractivity contribution < 1.29 is 14.0 Å². The molecule has 24 heavy (non-hydrogen) atoms. The summed E-state index contributed by atoms with van der Waals surface area (Å²) in [5.74, 6) is -0.797. The van der Waals surface area contributed by atoms with Gasteiger partial charge in [-0.3, -0.25) is 9.59 Å². The largest absolute Gasteiger partial charge is 0.326 e. The van der Waals surface area contributed by atoms with Crippen molar-refractivity contribution in [2.75, 3.05) is 16.8 Å². The van der Waals surface area contributed by atoms with E-state index in [2.05, 4.69) is 5.32 Å². The van der Waals surface area contributed by atoms with Gasteiger partial charge in [0.2, 0.25) is 11.8 Å². The molecule has 4 nitrogen and oxygen atoms in total. The van der Waals surface area contributed by atoms with Crippen molar-refractivity contribution in [3.63, 3.8) is 0 Å². The molecule has 2 aromatic rings. The van der Waals surface area contributed by atoms with Crippen molar-refractivity contribution >= 4 is 34.8 Å². The van der Waals surface area contributed by atoms with E-state index in [4.69, 9.17) is 11.6 Å². The van der Waals surface area contributed by atoms with Crippen molar-refractivity contribution in [2.24, 2.45) is 0 Å². The van der Waals surface area contributed by atoms with Gasteiger partial charge in [0.15, 0.2) is 0 Å². The van der Waals surface area contributed by atoms with Crippen molar-refractivity contribution in [3.8, 4) is 0 Å². The molecule has 2 amide bonds. The van der Waals surface area contributed by atoms with E-state index in [1.54, 1.807) is 18.2 Å². The Labute approximate surface area is 145 Å². The number of halogens is 2. The third-order valence-electron chi connectivity index (χ3n) is 3.60. The van der Waals surface area contributed by atoms with Gasteiger partial charge < -0.3 is 10.2 Å². The van der Waals surface area contributed by atoms with E-state index >= 15 is 0 Å². The minimum absolute atomic E-state index is 0.114. The second-order valence-corrected chi connectivity index (χ2v) is 5.77. The summed E-state index contributed by atoms with van der Waals surface area (Å²) in [4.78, 5) is 25.5. The zero-order chi connectivity index (χ0) is 17.7. The average Bonchev–Trinajstić information content (AvgIpc) is 2.53. The van der Waals surface area contributed by atoms with Crippen LogP contribution in [-0.4, -0.2) is 18.4 Å². The second kappa shape index (κ2) is 7.93. The maximum atomic E-state index is 12.9. The number of nitrogens with zero attached hydrogens (tertiary/aromatic N) is 1. The number of anilines is 2. The summed E-state index contributed by atoms with van der Waals surface area (Å²) < 4.78 is 12.9. The topological polar surface area (TPSA) is 49.4 Å². The number of rotatable bonds is 5. The molecule has 2 rings (SSSR count). The molecule has 0 unspecified atom stereocenters. The summed E-state index contributed by atoms with van der Waals surface area (Å²) in [6, 6.07) is 10.8. The summed E-state index contributed by atoms with van der Waals surface area (Å²) in [5, 5.41) is 3.24. The number of nitrogens with one attached hydrogen (secondary N) is 1. The van der Waals surface area contributed by atoms with Crippen molar-refractivity contribution in [1.29, 1.82) is 0 Å². The third kappa shape index (κ3) is 4.55. The van der Waals surface area contributed by atoms with Crippen LogP contribution in [0.5, 0.6) is 0 Å². The first kappa shape index (κ1) is 17.9. The quantitative estimate of drug-likeness (QED) is 0.881. The van der Waals surface area contributed by atoms with Crippen LogP contribution < -0.4 is 10.2 Å². The Bertz CT molecular complexity index is 747. The number of hydrogen-bond donors (Lipinski definition) is 1. The molecule has 0 heterocycles. The lowest BCUT2D eigenvalue weighted by molar-refractivity contribution is -0.117. The molecular formula is C18H18ClFN2O2. The molecule has 0 fully saturated rings. The Hall–Kier alpha value is -2.40. The van der Waals surface area contributed by atoms with Crippen molar-refractivity contribution in [3.05, 3.63) is 58.9 Å². The molecule has 0 aliphatic heterocycles. The number of benzene rings is 2. The van der Waals surface area contributed by atoms with Crippen molar-refractivity contribution in [2.45, 2.75) is 20.3 Å². The highest BCUT2D eigenvalue weighted by atomic mass is 35.5. The Balaban J connectivity index is 2.03. The average molecular weight is 349 g/mol. The van der Waals surface area contributed by atoms with Gasteiger partial charge in [-0.15, -0.1) is 0 Å². The molecule has 0 aliphatic carbocycles. The molecule has 0 saturated heterocycles. The molecule has 0 aliphatic rings. The first-order valence-corrected chi connectivity index (χ1v) is 7.85. The first-order chi connectivity index (χ1) is 11.4. The van der Waals surface area contributed by atoms with Gasteiger partial charge in [-0.1, -0.05) is 17.7 Å². The van der Waals surface area contributed by atoms with Crippen LogP contribution in [0.15, 0.2) is 42.5 Å². The molecule has 2 aromatic carbocycles. The van der Waals surface area contributed by atoms with Gasteiger partial charge in [-0.05, 0) is 48.9 Å². The molecule has 0 atom stereocenters. The summed E-state index contributed by atoms with van der Waals surface area (Å²) in [5.41, 5.74) is 1.98. The van der Waals surface area contributed by atoms with Gasteiger partial charge in [0.1, 0.15) is 5.82 Å². The fourth-order valence-corrected chi connectivity index (χ4v) is 2.48. The minimum Gasteiger partial charge on any atom is -0.326 e. The van der Waals surface area contributed by atoms with E-state index in [-0.39, 0.29) is 30.6 Å². The van der Waals surface area contributed by atoms with Crippen LogP contribution in [-0.2, 0) is 9.59 Å². The Morgan fingerprint density at radius 2 is 1.83 bits per heavy atom. The highest BCUT2D eigenvalue weighted by Crippen LogP contribution is 2.26. The van der Waals surface area contributed by atoms with Gasteiger partial charge in [-0.25, -0.2) is 4.39 Å². The Morgan fingerprint density at radius 3 is 2.46 bits per heavy atom. The summed E-state index contributed by atoms with van der Waals surface area (Å²) in [7, 11) is 0. The Kier molecular flexibility index (Phi) is 5.93. The van der Waals surface area contributed by atoms with Crippen LogP contribution in [0.4, 0.5) is 15.8 Å². The van der Waals surface area contributed by atoms with Crippen LogP contribution in [0, 0.1) is 12.7 Å². The van der Waals surface area contributed by atoms with Crippen LogP contribution in [0.1, 0.15) is 18.9 Å². The molecular weight excluding hydrogens is 331 g/mol. The summed E-state index contributed by atoms with van der Waals surface area (Å²) in [6.45, 7) is 3.49. The van der Waals surface area contributed by atoms with E-state index in [1.807, 2.05) is 6.92 Å². The molecule has 1 N–H and O–H groups in total. The molecule has 126 valence electrons.